The molecule has 1 aromatic rings. The number of pyridine rings is 1. The zero-order chi connectivity index (χ0) is 10.7. The van der Waals surface area contributed by atoms with Crippen LogP contribution in [0, 0.1) is 5.92 Å². The summed E-state index contributed by atoms with van der Waals surface area (Å²) in [6.07, 6.45) is 5.31. The van der Waals surface area contributed by atoms with Gasteiger partial charge in [-0.2, -0.15) is 0 Å². The molecule has 1 aliphatic rings. The highest BCUT2D eigenvalue weighted by molar-refractivity contribution is 5.21. The van der Waals surface area contributed by atoms with Crippen LogP contribution in [-0.2, 0) is 0 Å². The predicted molar refractivity (Wildman–Crippen MR) is 59.7 cm³/mol. The molecule has 1 fully saturated rings. The van der Waals surface area contributed by atoms with Crippen molar-refractivity contribution >= 4 is 0 Å². The van der Waals surface area contributed by atoms with Gasteiger partial charge in [-0.05, 0) is 37.3 Å². The lowest BCUT2D eigenvalue weighted by Crippen LogP contribution is -2.10. The molecule has 1 atom stereocenters. The first-order chi connectivity index (χ1) is 7.29. The molecule has 0 aromatic carbocycles. The third kappa shape index (κ3) is 2.93. The Morgan fingerprint density at radius 2 is 2.33 bits per heavy atom. The van der Waals surface area contributed by atoms with Gasteiger partial charge in [0.2, 0.25) is 0 Å². The molecular formula is C12H18N2O. The maximum atomic E-state index is 5.87. The summed E-state index contributed by atoms with van der Waals surface area (Å²) < 4.78 is 5.59. The summed E-state index contributed by atoms with van der Waals surface area (Å²) in [7, 11) is 0. The molecule has 2 rings (SSSR count). The fraction of sp³-hybridized carbons (Fsp3) is 0.583. The normalized spacial score (nSPS) is 17.5. The molecule has 0 bridgehead atoms. The van der Waals surface area contributed by atoms with E-state index in [0.717, 1.165) is 30.4 Å². The molecule has 15 heavy (non-hydrogen) atoms. The minimum absolute atomic E-state index is 0.0440. The molecule has 1 heterocycles. The monoisotopic (exact) mass is 206 g/mol. The second-order valence-corrected chi connectivity index (χ2v) is 4.19. The first-order valence-corrected chi connectivity index (χ1v) is 5.64. The van der Waals surface area contributed by atoms with Gasteiger partial charge >= 0.3 is 0 Å². The molecule has 3 nitrogen and oxygen atoms in total. The molecular weight excluding hydrogens is 188 g/mol. The van der Waals surface area contributed by atoms with Crippen molar-refractivity contribution in [3.63, 3.8) is 0 Å². The van der Waals surface area contributed by atoms with E-state index in [1.165, 1.54) is 12.8 Å². The van der Waals surface area contributed by atoms with Crippen LogP contribution in [0.25, 0.3) is 0 Å². The van der Waals surface area contributed by atoms with Gasteiger partial charge in [0.25, 0.3) is 0 Å². The molecule has 1 saturated carbocycles. The number of ether oxygens (including phenoxy) is 1. The number of hydrogen-bond donors (Lipinski definition) is 1. The van der Waals surface area contributed by atoms with E-state index in [2.05, 4.69) is 11.9 Å². The minimum atomic E-state index is 0.0440. The zero-order valence-electron chi connectivity index (χ0n) is 9.15. The van der Waals surface area contributed by atoms with E-state index in [0.29, 0.717) is 0 Å². The SMILES string of the molecule is CC[C@H](N)c1ccc(OCC2CC2)cn1. The Kier molecular flexibility index (Phi) is 3.21. The van der Waals surface area contributed by atoms with Crippen molar-refractivity contribution in [2.24, 2.45) is 11.7 Å². The van der Waals surface area contributed by atoms with Gasteiger partial charge in [-0.25, -0.2) is 0 Å². The van der Waals surface area contributed by atoms with Crippen LogP contribution in [0.15, 0.2) is 18.3 Å². The van der Waals surface area contributed by atoms with Gasteiger partial charge in [-0.15, -0.1) is 0 Å². The van der Waals surface area contributed by atoms with Gasteiger partial charge in [0.1, 0.15) is 5.75 Å². The Morgan fingerprint density at radius 3 is 2.87 bits per heavy atom. The Morgan fingerprint density at radius 1 is 1.53 bits per heavy atom. The van der Waals surface area contributed by atoms with Crippen molar-refractivity contribution in [2.75, 3.05) is 6.61 Å². The van der Waals surface area contributed by atoms with Crippen LogP contribution in [0.4, 0.5) is 0 Å². The van der Waals surface area contributed by atoms with Gasteiger partial charge in [-0.1, -0.05) is 6.92 Å². The summed E-state index contributed by atoms with van der Waals surface area (Å²) in [4.78, 5) is 4.30. The van der Waals surface area contributed by atoms with E-state index in [-0.39, 0.29) is 6.04 Å². The molecule has 0 radical (unpaired) electrons. The molecule has 1 aromatic heterocycles. The summed E-state index contributed by atoms with van der Waals surface area (Å²) in [6, 6.07) is 3.96. The number of rotatable bonds is 5. The van der Waals surface area contributed by atoms with Gasteiger partial charge in [-0.3, -0.25) is 4.98 Å². The van der Waals surface area contributed by atoms with Crippen molar-refractivity contribution in [1.29, 1.82) is 0 Å². The third-order valence-electron chi connectivity index (χ3n) is 2.76. The lowest BCUT2D eigenvalue weighted by molar-refractivity contribution is 0.298. The zero-order valence-corrected chi connectivity index (χ0v) is 9.15. The number of aromatic nitrogens is 1. The van der Waals surface area contributed by atoms with Gasteiger partial charge in [0.15, 0.2) is 0 Å². The topological polar surface area (TPSA) is 48.1 Å². The summed E-state index contributed by atoms with van der Waals surface area (Å²) in [6.45, 7) is 2.89. The van der Waals surface area contributed by atoms with Gasteiger partial charge in [0, 0.05) is 6.04 Å². The maximum Gasteiger partial charge on any atom is 0.137 e. The van der Waals surface area contributed by atoms with Gasteiger partial charge < -0.3 is 10.5 Å². The number of nitrogens with zero attached hydrogens (tertiary/aromatic N) is 1. The van der Waals surface area contributed by atoms with Crippen molar-refractivity contribution < 1.29 is 4.74 Å². The average molecular weight is 206 g/mol. The third-order valence-corrected chi connectivity index (χ3v) is 2.76. The lowest BCUT2D eigenvalue weighted by atomic mass is 10.1. The van der Waals surface area contributed by atoms with Crippen LogP contribution < -0.4 is 10.5 Å². The van der Waals surface area contributed by atoms with E-state index in [1.54, 1.807) is 6.20 Å². The largest absolute Gasteiger partial charge is 0.492 e. The van der Waals surface area contributed by atoms with Crippen LogP contribution >= 0.6 is 0 Å². The van der Waals surface area contributed by atoms with Crippen LogP contribution in [0.5, 0.6) is 5.75 Å². The molecule has 2 N–H and O–H groups in total. The molecule has 0 spiro atoms. The Balaban J connectivity index is 1.90. The van der Waals surface area contributed by atoms with Gasteiger partial charge in [0.05, 0.1) is 18.5 Å². The maximum absolute atomic E-state index is 5.87. The first-order valence-electron chi connectivity index (χ1n) is 5.64. The highest BCUT2D eigenvalue weighted by Crippen LogP contribution is 2.29. The van der Waals surface area contributed by atoms with E-state index in [9.17, 15) is 0 Å². The minimum Gasteiger partial charge on any atom is -0.492 e. The van der Waals surface area contributed by atoms with E-state index in [1.807, 2.05) is 12.1 Å². The number of hydrogen-bond acceptors (Lipinski definition) is 3. The van der Waals surface area contributed by atoms with E-state index in [4.69, 9.17) is 10.5 Å². The fourth-order valence-electron chi connectivity index (χ4n) is 1.40. The smallest absolute Gasteiger partial charge is 0.137 e. The second-order valence-electron chi connectivity index (χ2n) is 4.19. The quantitative estimate of drug-likeness (QED) is 0.804. The average Bonchev–Trinajstić information content (AvgIpc) is 3.10. The Bertz CT molecular complexity index is 306. The summed E-state index contributed by atoms with van der Waals surface area (Å²) in [5, 5.41) is 0. The summed E-state index contributed by atoms with van der Waals surface area (Å²) >= 11 is 0. The molecule has 1 aliphatic carbocycles. The lowest BCUT2D eigenvalue weighted by Gasteiger charge is -2.09. The highest BCUT2D eigenvalue weighted by atomic mass is 16.5. The Labute approximate surface area is 90.7 Å². The second kappa shape index (κ2) is 4.62. The summed E-state index contributed by atoms with van der Waals surface area (Å²) in [5.41, 5.74) is 6.81. The van der Waals surface area contributed by atoms with E-state index >= 15 is 0 Å². The molecule has 3 heteroatoms. The van der Waals surface area contributed by atoms with Crippen molar-refractivity contribution in [3.8, 4) is 5.75 Å². The van der Waals surface area contributed by atoms with E-state index < -0.39 is 0 Å². The molecule has 0 aliphatic heterocycles. The standard InChI is InChI=1S/C12H18N2O/c1-2-11(13)12-6-5-10(7-14-12)15-8-9-3-4-9/h5-7,9,11H,2-4,8,13H2,1H3/t11-/m0/s1. The fourth-order valence-corrected chi connectivity index (χ4v) is 1.40. The van der Waals surface area contributed by atoms with Crippen molar-refractivity contribution in [2.45, 2.75) is 32.2 Å². The Hall–Kier alpha value is -1.09. The van der Waals surface area contributed by atoms with Crippen LogP contribution in [0.1, 0.15) is 37.9 Å². The first kappa shape index (κ1) is 10.4. The predicted octanol–water partition coefficient (Wildman–Crippen LogP) is 2.28. The highest BCUT2D eigenvalue weighted by Gasteiger charge is 2.21. The molecule has 82 valence electrons. The van der Waals surface area contributed by atoms with Crippen LogP contribution in [0.2, 0.25) is 0 Å². The van der Waals surface area contributed by atoms with Crippen molar-refractivity contribution in [3.05, 3.63) is 24.0 Å². The van der Waals surface area contributed by atoms with Crippen LogP contribution in [-0.4, -0.2) is 11.6 Å². The van der Waals surface area contributed by atoms with Crippen LogP contribution in [0.3, 0.4) is 0 Å². The molecule has 0 saturated heterocycles. The number of nitrogens with two attached hydrogens (primary N) is 1. The molecule has 0 amide bonds. The molecule has 0 unspecified atom stereocenters. The van der Waals surface area contributed by atoms with Crippen molar-refractivity contribution in [1.82, 2.24) is 4.98 Å². The summed E-state index contributed by atoms with van der Waals surface area (Å²) in [5.74, 6) is 1.64.